The van der Waals surface area contributed by atoms with Gasteiger partial charge in [0.25, 0.3) is 0 Å². The van der Waals surface area contributed by atoms with E-state index in [0.29, 0.717) is 0 Å². The van der Waals surface area contributed by atoms with Crippen molar-refractivity contribution >= 4 is 16.0 Å². The van der Waals surface area contributed by atoms with Gasteiger partial charge in [0.2, 0.25) is 10.0 Å². The number of carboxylic acids is 1. The number of aromatic nitrogens is 1. The molecular weight excluding hydrogens is 280 g/mol. The van der Waals surface area contributed by atoms with Crippen LogP contribution in [0.2, 0.25) is 0 Å². The first-order valence-corrected chi connectivity index (χ1v) is 8.28. The molecule has 2 saturated carbocycles. The van der Waals surface area contributed by atoms with E-state index in [2.05, 4.69) is 4.72 Å². The predicted octanol–water partition coefficient (Wildman–Crippen LogP) is 1.74. The van der Waals surface area contributed by atoms with Gasteiger partial charge in [-0.05, 0) is 45.1 Å². The van der Waals surface area contributed by atoms with Crippen molar-refractivity contribution in [3.63, 3.8) is 0 Å². The van der Waals surface area contributed by atoms with Gasteiger partial charge in [0.05, 0.1) is 0 Å². The molecule has 0 spiro atoms. The zero-order chi connectivity index (χ0) is 14.5. The minimum Gasteiger partial charge on any atom is -0.477 e. The fraction of sp³-hybridized carbons (Fsp3) is 0.615. The monoisotopic (exact) mass is 298 g/mol. The molecular formula is C13H18N2O4S. The maximum absolute atomic E-state index is 12.4. The third-order valence-electron chi connectivity index (χ3n) is 4.13. The van der Waals surface area contributed by atoms with E-state index in [1.807, 2.05) is 6.92 Å². The van der Waals surface area contributed by atoms with Crippen LogP contribution in [0.25, 0.3) is 0 Å². The van der Waals surface area contributed by atoms with Gasteiger partial charge in [-0.2, -0.15) is 0 Å². The maximum Gasteiger partial charge on any atom is 0.352 e. The zero-order valence-electron chi connectivity index (χ0n) is 11.3. The number of nitrogens with zero attached hydrogens (tertiary/aromatic N) is 1. The zero-order valence-corrected chi connectivity index (χ0v) is 12.1. The molecule has 2 aliphatic carbocycles. The number of hydrogen-bond acceptors (Lipinski definition) is 3. The first-order valence-electron chi connectivity index (χ1n) is 6.80. The molecule has 0 aliphatic heterocycles. The van der Waals surface area contributed by atoms with Crippen molar-refractivity contribution in [1.29, 1.82) is 0 Å². The largest absolute Gasteiger partial charge is 0.477 e. The Labute approximate surface area is 117 Å². The van der Waals surface area contributed by atoms with Gasteiger partial charge in [-0.25, -0.2) is 17.9 Å². The van der Waals surface area contributed by atoms with Gasteiger partial charge in [0, 0.05) is 17.8 Å². The van der Waals surface area contributed by atoms with Crippen molar-refractivity contribution in [2.75, 3.05) is 0 Å². The van der Waals surface area contributed by atoms with Gasteiger partial charge in [0.15, 0.2) is 0 Å². The highest BCUT2D eigenvalue weighted by atomic mass is 32.2. The van der Waals surface area contributed by atoms with Gasteiger partial charge < -0.3 is 9.67 Å². The third-order valence-corrected chi connectivity index (χ3v) is 5.74. The molecule has 2 N–H and O–H groups in total. The standard InChI is InChI=1S/C13H18N2O4S/c1-13(5-2-6-13)14-20(18,19)10-7-11(12(16)17)15(8-10)9-3-4-9/h7-9,14H,2-6H2,1H3,(H,16,17). The van der Waals surface area contributed by atoms with Gasteiger partial charge in [-0.15, -0.1) is 0 Å². The Morgan fingerprint density at radius 2 is 2.10 bits per heavy atom. The number of hydrogen-bond donors (Lipinski definition) is 2. The number of rotatable bonds is 5. The molecule has 0 radical (unpaired) electrons. The fourth-order valence-corrected chi connectivity index (χ4v) is 4.11. The second-order valence-electron chi connectivity index (χ2n) is 6.02. The lowest BCUT2D eigenvalue weighted by atomic mass is 9.80. The fourth-order valence-electron chi connectivity index (χ4n) is 2.62. The van der Waals surface area contributed by atoms with E-state index >= 15 is 0 Å². The summed E-state index contributed by atoms with van der Waals surface area (Å²) in [5.41, 5.74) is -0.337. The van der Waals surface area contributed by atoms with Crippen LogP contribution in [-0.4, -0.2) is 29.6 Å². The summed E-state index contributed by atoms with van der Waals surface area (Å²) >= 11 is 0. The minimum atomic E-state index is -3.65. The van der Waals surface area contributed by atoms with Crippen LogP contribution in [-0.2, 0) is 10.0 Å². The van der Waals surface area contributed by atoms with Gasteiger partial charge in [0.1, 0.15) is 10.6 Å². The SMILES string of the molecule is CC1(NS(=O)(=O)c2cc(C(=O)O)n(C3CC3)c2)CCC1. The number of sulfonamides is 1. The van der Waals surface area contributed by atoms with Crippen molar-refractivity contribution in [2.24, 2.45) is 0 Å². The summed E-state index contributed by atoms with van der Waals surface area (Å²) in [4.78, 5) is 11.3. The van der Waals surface area contributed by atoms with Crippen molar-refractivity contribution in [1.82, 2.24) is 9.29 Å². The van der Waals surface area contributed by atoms with Crippen LogP contribution in [0.1, 0.15) is 55.6 Å². The van der Waals surface area contributed by atoms with E-state index in [0.717, 1.165) is 32.1 Å². The Bertz CT molecular complexity index is 654. The number of aromatic carboxylic acids is 1. The van der Waals surface area contributed by atoms with Crippen molar-refractivity contribution in [2.45, 2.75) is 55.5 Å². The van der Waals surface area contributed by atoms with E-state index < -0.39 is 16.0 Å². The lowest BCUT2D eigenvalue weighted by molar-refractivity contribution is 0.0685. The van der Waals surface area contributed by atoms with E-state index in [-0.39, 0.29) is 22.2 Å². The van der Waals surface area contributed by atoms with Crippen LogP contribution in [0, 0.1) is 0 Å². The van der Waals surface area contributed by atoms with E-state index in [1.165, 1.54) is 12.3 Å². The summed E-state index contributed by atoms with van der Waals surface area (Å²) in [5, 5.41) is 9.18. The molecule has 1 aromatic heterocycles. The van der Waals surface area contributed by atoms with Crippen LogP contribution in [0.3, 0.4) is 0 Å². The lowest BCUT2D eigenvalue weighted by Gasteiger charge is -2.38. The summed E-state index contributed by atoms with van der Waals surface area (Å²) in [6.45, 7) is 1.88. The second-order valence-corrected chi connectivity index (χ2v) is 7.71. The van der Waals surface area contributed by atoms with Crippen LogP contribution in [0.15, 0.2) is 17.2 Å². The molecule has 2 fully saturated rings. The highest BCUT2D eigenvalue weighted by molar-refractivity contribution is 7.89. The van der Waals surface area contributed by atoms with E-state index in [4.69, 9.17) is 0 Å². The van der Waals surface area contributed by atoms with Crippen LogP contribution >= 0.6 is 0 Å². The Morgan fingerprint density at radius 3 is 2.55 bits per heavy atom. The Hall–Kier alpha value is -1.34. The first kappa shape index (κ1) is 13.6. The van der Waals surface area contributed by atoms with Crippen LogP contribution < -0.4 is 4.72 Å². The van der Waals surface area contributed by atoms with E-state index in [1.54, 1.807) is 4.57 Å². The summed E-state index contributed by atoms with van der Waals surface area (Å²) in [5.74, 6) is -1.09. The third kappa shape index (κ3) is 2.35. The minimum absolute atomic E-state index is 0.0478. The second kappa shape index (κ2) is 4.33. The highest BCUT2D eigenvalue weighted by Gasteiger charge is 2.37. The molecule has 2 aliphatic rings. The van der Waals surface area contributed by atoms with Crippen molar-refractivity contribution < 1.29 is 18.3 Å². The lowest BCUT2D eigenvalue weighted by Crippen LogP contribution is -2.50. The normalized spacial score (nSPS) is 21.4. The maximum atomic E-state index is 12.4. The van der Waals surface area contributed by atoms with Crippen molar-refractivity contribution in [3.8, 4) is 0 Å². The molecule has 0 bridgehead atoms. The summed E-state index contributed by atoms with van der Waals surface area (Å²) in [6.07, 6.45) is 5.91. The predicted molar refractivity (Wildman–Crippen MR) is 72.2 cm³/mol. The molecule has 0 unspecified atom stereocenters. The number of carboxylic acid groups (broad SMARTS) is 1. The Balaban J connectivity index is 1.93. The number of nitrogens with one attached hydrogen (secondary N) is 1. The quantitative estimate of drug-likeness (QED) is 0.866. The van der Waals surface area contributed by atoms with E-state index in [9.17, 15) is 18.3 Å². The molecule has 20 heavy (non-hydrogen) atoms. The summed E-state index contributed by atoms with van der Waals surface area (Å²) in [7, 11) is -3.65. The summed E-state index contributed by atoms with van der Waals surface area (Å²) < 4.78 is 29.0. The topological polar surface area (TPSA) is 88.4 Å². The smallest absolute Gasteiger partial charge is 0.352 e. The molecule has 7 heteroatoms. The molecule has 1 aromatic rings. The van der Waals surface area contributed by atoms with Gasteiger partial charge >= 0.3 is 5.97 Å². The molecule has 0 aromatic carbocycles. The van der Waals surface area contributed by atoms with Crippen LogP contribution in [0.4, 0.5) is 0 Å². The molecule has 0 atom stereocenters. The van der Waals surface area contributed by atoms with Gasteiger partial charge in [-0.1, -0.05) is 0 Å². The highest BCUT2D eigenvalue weighted by Crippen LogP contribution is 2.38. The molecule has 1 heterocycles. The molecule has 0 amide bonds. The first-order chi connectivity index (χ1) is 9.31. The van der Waals surface area contributed by atoms with Crippen LogP contribution in [0.5, 0.6) is 0 Å². The molecule has 0 saturated heterocycles. The number of carbonyl (C=O) groups is 1. The average molecular weight is 298 g/mol. The average Bonchev–Trinajstić information content (AvgIpc) is 3.04. The summed E-state index contributed by atoms with van der Waals surface area (Å²) in [6, 6.07) is 1.38. The van der Waals surface area contributed by atoms with Gasteiger partial charge in [-0.3, -0.25) is 0 Å². The Morgan fingerprint density at radius 1 is 1.45 bits per heavy atom. The molecule has 6 nitrogen and oxygen atoms in total. The molecule has 110 valence electrons. The Kier molecular flexibility index (Phi) is 2.95. The van der Waals surface area contributed by atoms with Crippen molar-refractivity contribution in [3.05, 3.63) is 18.0 Å². The molecule has 3 rings (SSSR count).